The van der Waals surface area contributed by atoms with Crippen LogP contribution in [0.3, 0.4) is 0 Å². The predicted octanol–water partition coefficient (Wildman–Crippen LogP) is 1.16. The van der Waals surface area contributed by atoms with Gasteiger partial charge in [0.15, 0.2) is 0 Å². The van der Waals surface area contributed by atoms with Gasteiger partial charge in [0.1, 0.15) is 0 Å². The lowest BCUT2D eigenvalue weighted by Crippen LogP contribution is -1.79. The molecule has 0 saturated heterocycles. The molecule has 0 aliphatic carbocycles. The number of thioether (sulfide) groups is 1. The van der Waals surface area contributed by atoms with Gasteiger partial charge in [-0.2, -0.15) is 0 Å². The Balaban J connectivity index is 2.34. The molecule has 6 heavy (non-hydrogen) atoms. The highest BCUT2D eigenvalue weighted by molar-refractivity contribution is 7.99. The summed E-state index contributed by atoms with van der Waals surface area (Å²) in [5, 5.41) is 0. The highest BCUT2D eigenvalue weighted by atomic mass is 32.2. The average molecular weight is 105 g/mol. The number of hydrogen-bond acceptors (Lipinski definition) is 2. The van der Waals surface area contributed by atoms with Gasteiger partial charge < -0.3 is 4.74 Å². The molecule has 0 aliphatic rings. The van der Waals surface area contributed by atoms with Crippen molar-refractivity contribution in [3.63, 3.8) is 0 Å². The van der Waals surface area contributed by atoms with Crippen molar-refractivity contribution in [1.29, 1.82) is 0 Å². The molecule has 1 nitrogen and oxygen atoms in total. The van der Waals surface area contributed by atoms with Crippen molar-refractivity contribution in [2.45, 2.75) is 0 Å². The molecule has 0 aromatic carbocycles. The van der Waals surface area contributed by atoms with E-state index in [0.29, 0.717) is 0 Å². The topological polar surface area (TPSA) is 9.23 Å². The second-order valence-corrected chi connectivity index (χ2v) is 1.87. The number of rotatable bonds is 3. The summed E-state index contributed by atoms with van der Waals surface area (Å²) in [4.78, 5) is 0. The van der Waals surface area contributed by atoms with Crippen LogP contribution in [-0.2, 0) is 4.74 Å². The second-order valence-electron chi connectivity index (χ2n) is 0.815. The normalized spacial score (nSPS) is 9.00. The van der Waals surface area contributed by atoms with Crippen molar-refractivity contribution in [2.75, 3.05) is 18.8 Å². The molecule has 0 aromatic rings. The Morgan fingerprint density at radius 1 is 1.83 bits per heavy atom. The Labute approximate surface area is 43.1 Å². The number of hydrogen-bond donors (Lipinski definition) is 0. The summed E-state index contributed by atoms with van der Waals surface area (Å²) in [7, 11) is 1.68. The summed E-state index contributed by atoms with van der Waals surface area (Å²) in [6.07, 6.45) is 0. The van der Waals surface area contributed by atoms with Crippen molar-refractivity contribution in [2.24, 2.45) is 0 Å². The molecule has 0 fully saturated rings. The summed E-state index contributed by atoms with van der Waals surface area (Å²) in [6, 6.07) is 0. The molecule has 0 aliphatic heterocycles. The third-order valence-electron chi connectivity index (χ3n) is 0.346. The molecule has 2 heteroatoms. The molecule has 0 spiro atoms. The van der Waals surface area contributed by atoms with Crippen LogP contribution in [0.5, 0.6) is 0 Å². The van der Waals surface area contributed by atoms with Gasteiger partial charge in [-0.1, -0.05) is 0 Å². The van der Waals surface area contributed by atoms with E-state index in [0.717, 1.165) is 11.7 Å². The van der Waals surface area contributed by atoms with Gasteiger partial charge in [-0.15, -0.1) is 11.8 Å². The third kappa shape index (κ3) is 4.31. The predicted molar refractivity (Wildman–Crippen MR) is 29.7 cm³/mol. The van der Waals surface area contributed by atoms with Crippen LogP contribution in [0.4, 0.5) is 0 Å². The highest BCUT2D eigenvalue weighted by Gasteiger charge is 1.74. The van der Waals surface area contributed by atoms with Crippen LogP contribution in [0.15, 0.2) is 0 Å². The summed E-state index contributed by atoms with van der Waals surface area (Å²) >= 11 is 1.67. The van der Waals surface area contributed by atoms with Gasteiger partial charge in [0, 0.05) is 7.11 Å². The van der Waals surface area contributed by atoms with E-state index in [-0.39, 0.29) is 0 Å². The van der Waals surface area contributed by atoms with Crippen molar-refractivity contribution < 1.29 is 4.74 Å². The maximum atomic E-state index is 4.71. The van der Waals surface area contributed by atoms with Gasteiger partial charge in [0.2, 0.25) is 0 Å². The molecule has 1 radical (unpaired) electrons. The Bertz CT molecular complexity index is 19.5. The Kier molecular flexibility index (Phi) is 5.58. The van der Waals surface area contributed by atoms with Gasteiger partial charge in [0.05, 0.1) is 5.94 Å². The molecular formula is C4H9OS. The third-order valence-corrected chi connectivity index (χ3v) is 1.04. The molecule has 0 unspecified atom stereocenters. The number of ether oxygens (including phenoxy) is 1. The maximum absolute atomic E-state index is 4.71. The summed E-state index contributed by atoms with van der Waals surface area (Å²) in [5.74, 6) is 1.66. The molecule has 0 aromatic heterocycles. The van der Waals surface area contributed by atoms with E-state index in [1.165, 1.54) is 0 Å². The van der Waals surface area contributed by atoms with Crippen molar-refractivity contribution in [3.8, 4) is 0 Å². The standard InChI is InChI=1S/C4H9OS/c1-3-6-4-5-2/h1,3-4H2,2H3. The van der Waals surface area contributed by atoms with E-state index in [1.807, 2.05) is 0 Å². The molecule has 0 amide bonds. The van der Waals surface area contributed by atoms with Crippen molar-refractivity contribution >= 4 is 11.8 Å². The van der Waals surface area contributed by atoms with Gasteiger partial charge in [0.25, 0.3) is 0 Å². The number of methoxy groups -OCH3 is 1. The zero-order valence-corrected chi connectivity index (χ0v) is 4.75. The highest BCUT2D eigenvalue weighted by Crippen LogP contribution is 1.94. The monoisotopic (exact) mass is 105 g/mol. The van der Waals surface area contributed by atoms with E-state index in [9.17, 15) is 0 Å². The average Bonchev–Trinajstić information content (AvgIpc) is 1.61. The van der Waals surface area contributed by atoms with E-state index in [1.54, 1.807) is 18.9 Å². The first-order chi connectivity index (χ1) is 2.91. The maximum Gasteiger partial charge on any atom is 0.0917 e. The molecule has 0 heterocycles. The van der Waals surface area contributed by atoms with Gasteiger partial charge in [-0.05, 0) is 12.7 Å². The minimum atomic E-state index is 0.767. The second kappa shape index (κ2) is 5.31. The van der Waals surface area contributed by atoms with E-state index < -0.39 is 0 Å². The van der Waals surface area contributed by atoms with E-state index in [2.05, 4.69) is 6.92 Å². The zero-order valence-electron chi connectivity index (χ0n) is 3.94. The van der Waals surface area contributed by atoms with Crippen LogP contribution in [0.25, 0.3) is 0 Å². The molecule has 0 saturated carbocycles. The van der Waals surface area contributed by atoms with Gasteiger partial charge in [-0.3, -0.25) is 0 Å². The minimum Gasteiger partial charge on any atom is -0.374 e. The Morgan fingerprint density at radius 2 is 2.50 bits per heavy atom. The Hall–Kier alpha value is 0.310. The fourth-order valence-corrected chi connectivity index (χ4v) is 0.427. The van der Waals surface area contributed by atoms with Crippen LogP contribution in [-0.4, -0.2) is 18.8 Å². The van der Waals surface area contributed by atoms with Crippen molar-refractivity contribution in [3.05, 3.63) is 6.92 Å². The molecule has 37 valence electrons. The fourth-order valence-electron chi connectivity index (χ4n) is 0.142. The van der Waals surface area contributed by atoms with Crippen LogP contribution in [0.1, 0.15) is 0 Å². The molecule has 0 bridgehead atoms. The summed E-state index contributed by atoms with van der Waals surface area (Å²) in [6.45, 7) is 3.61. The first kappa shape index (κ1) is 6.31. The quantitative estimate of drug-likeness (QED) is 0.393. The van der Waals surface area contributed by atoms with Crippen molar-refractivity contribution in [1.82, 2.24) is 0 Å². The van der Waals surface area contributed by atoms with E-state index >= 15 is 0 Å². The lowest BCUT2D eigenvalue weighted by molar-refractivity contribution is 0.259. The van der Waals surface area contributed by atoms with Crippen LogP contribution < -0.4 is 0 Å². The summed E-state index contributed by atoms with van der Waals surface area (Å²) in [5.41, 5.74) is 0. The molecular weight excluding hydrogens is 96.1 g/mol. The molecule has 0 N–H and O–H groups in total. The fraction of sp³-hybridized carbons (Fsp3) is 0.750. The first-order valence-corrected chi connectivity index (χ1v) is 2.93. The van der Waals surface area contributed by atoms with Gasteiger partial charge >= 0.3 is 0 Å². The SMILES string of the molecule is [CH2]CSCOC. The smallest absolute Gasteiger partial charge is 0.0917 e. The minimum absolute atomic E-state index is 0.767. The first-order valence-electron chi connectivity index (χ1n) is 1.77. The van der Waals surface area contributed by atoms with Crippen LogP contribution in [0.2, 0.25) is 0 Å². The van der Waals surface area contributed by atoms with E-state index in [4.69, 9.17) is 4.74 Å². The Morgan fingerprint density at radius 3 is 2.67 bits per heavy atom. The summed E-state index contributed by atoms with van der Waals surface area (Å²) < 4.78 is 4.71. The van der Waals surface area contributed by atoms with Crippen LogP contribution in [0, 0.1) is 6.92 Å². The lowest BCUT2D eigenvalue weighted by Gasteiger charge is -1.89. The lowest BCUT2D eigenvalue weighted by atomic mass is 11.0. The largest absolute Gasteiger partial charge is 0.374 e. The molecule has 0 rings (SSSR count). The zero-order chi connectivity index (χ0) is 4.83. The van der Waals surface area contributed by atoms with Crippen LogP contribution >= 0.6 is 11.8 Å². The molecule has 0 atom stereocenters. The van der Waals surface area contributed by atoms with Gasteiger partial charge in [-0.25, -0.2) is 0 Å².